The fraction of sp³-hybridized carbons (Fsp3) is 0.818. The van der Waals surface area contributed by atoms with Crippen molar-refractivity contribution in [1.29, 1.82) is 0 Å². The number of carbonyl (C=O) groups is 1. The predicted octanol–water partition coefficient (Wildman–Crippen LogP) is -3.07. The molecule has 0 amide bonds. The van der Waals surface area contributed by atoms with E-state index in [1.165, 1.54) is 6.92 Å². The summed E-state index contributed by atoms with van der Waals surface area (Å²) >= 11 is 4.82. The lowest BCUT2D eigenvalue weighted by molar-refractivity contribution is -0.294. The van der Waals surface area contributed by atoms with Gasteiger partial charge in [-0.15, -0.1) is 0 Å². The predicted molar refractivity (Wildman–Crippen MR) is 72.4 cm³/mol. The third kappa shape index (κ3) is 4.07. The topological polar surface area (TPSA) is 160 Å². The largest absolute Gasteiger partial charge is 0.477 e. The summed E-state index contributed by atoms with van der Waals surface area (Å²) in [7, 11) is 0. The summed E-state index contributed by atoms with van der Waals surface area (Å²) in [6.07, 6.45) is -6.96. The molecule has 0 aromatic rings. The molecule has 0 bridgehead atoms. The van der Waals surface area contributed by atoms with Crippen LogP contribution in [0.15, 0.2) is 0 Å². The highest BCUT2D eigenvalue weighted by atomic mass is 32.1. The molecule has 0 aromatic carbocycles. The molecule has 0 aliphatic carbocycles. The summed E-state index contributed by atoms with van der Waals surface area (Å²) < 4.78 is 4.96. The molecule has 0 saturated carbocycles. The van der Waals surface area contributed by atoms with Gasteiger partial charge < -0.3 is 40.7 Å². The fourth-order valence-electron chi connectivity index (χ4n) is 2.14. The number of carboxylic acids is 1. The van der Waals surface area contributed by atoms with Gasteiger partial charge in [0.25, 0.3) is 5.79 Å². The van der Waals surface area contributed by atoms with Crippen LogP contribution in [0.25, 0.3) is 0 Å². The first-order valence-corrected chi connectivity index (χ1v) is 6.59. The Kier molecular flexibility index (Phi) is 5.99. The van der Waals surface area contributed by atoms with E-state index in [0.717, 1.165) is 0 Å². The van der Waals surface area contributed by atoms with E-state index in [-0.39, 0.29) is 4.99 Å². The number of aliphatic carboxylic acids is 1. The van der Waals surface area contributed by atoms with Crippen LogP contribution in [0.3, 0.4) is 0 Å². The second-order valence-corrected chi connectivity index (χ2v) is 5.52. The number of nitrogens with one attached hydrogen (secondary N) is 1. The molecular formula is C11H19NO8S. The molecule has 1 aliphatic heterocycles. The number of aliphatic hydroxyl groups is 5. The molecule has 1 saturated heterocycles. The highest BCUT2D eigenvalue weighted by Gasteiger charge is 2.53. The number of carboxylic acid groups (broad SMARTS) is 1. The maximum absolute atomic E-state index is 11.0. The van der Waals surface area contributed by atoms with Gasteiger partial charge in [-0.3, -0.25) is 0 Å². The van der Waals surface area contributed by atoms with E-state index in [9.17, 15) is 25.2 Å². The maximum atomic E-state index is 11.0. The van der Waals surface area contributed by atoms with E-state index in [0.29, 0.717) is 0 Å². The van der Waals surface area contributed by atoms with Crippen LogP contribution in [-0.2, 0) is 9.53 Å². The van der Waals surface area contributed by atoms with Crippen LogP contribution in [0.5, 0.6) is 0 Å². The van der Waals surface area contributed by atoms with Gasteiger partial charge in [0.05, 0.1) is 23.7 Å². The average Bonchev–Trinajstić information content (AvgIpc) is 2.39. The first kappa shape index (κ1) is 18.2. The van der Waals surface area contributed by atoms with Crippen molar-refractivity contribution < 1.29 is 40.2 Å². The van der Waals surface area contributed by atoms with Gasteiger partial charge in [-0.1, -0.05) is 12.2 Å². The third-order valence-electron chi connectivity index (χ3n) is 3.21. The molecule has 1 rings (SSSR count). The first-order valence-electron chi connectivity index (χ1n) is 6.18. The summed E-state index contributed by atoms with van der Waals surface area (Å²) in [6, 6.07) is -1.06. The van der Waals surface area contributed by atoms with E-state index in [1.807, 2.05) is 0 Å². The van der Waals surface area contributed by atoms with Crippen molar-refractivity contribution in [3.8, 4) is 0 Å². The first-order chi connectivity index (χ1) is 9.62. The van der Waals surface area contributed by atoms with Crippen LogP contribution < -0.4 is 5.32 Å². The lowest BCUT2D eigenvalue weighted by atomic mass is 9.88. The van der Waals surface area contributed by atoms with E-state index in [1.54, 1.807) is 0 Å². The zero-order valence-corrected chi connectivity index (χ0v) is 12.0. The van der Waals surface area contributed by atoms with Crippen molar-refractivity contribution in [3.63, 3.8) is 0 Å². The van der Waals surface area contributed by atoms with Crippen LogP contribution in [0.4, 0.5) is 0 Å². The van der Waals surface area contributed by atoms with Crippen molar-refractivity contribution in [2.75, 3.05) is 6.61 Å². The highest BCUT2D eigenvalue weighted by Crippen LogP contribution is 2.30. The van der Waals surface area contributed by atoms with E-state index in [4.69, 9.17) is 27.2 Å². The molecule has 122 valence electrons. The van der Waals surface area contributed by atoms with E-state index < -0.39 is 55.2 Å². The number of hydrogen-bond donors (Lipinski definition) is 7. The summed E-state index contributed by atoms with van der Waals surface area (Å²) in [6.45, 7) is 0.678. The number of rotatable bonds is 5. The minimum absolute atomic E-state index is 0.235. The summed E-state index contributed by atoms with van der Waals surface area (Å²) in [5, 5.41) is 59.7. The van der Waals surface area contributed by atoms with E-state index in [2.05, 4.69) is 5.32 Å². The second-order valence-electron chi connectivity index (χ2n) is 4.91. The van der Waals surface area contributed by atoms with E-state index >= 15 is 0 Å². The molecule has 1 aliphatic rings. The SMILES string of the molecule is CC(=S)N[C@@H]1[C@@H](O)C[C@](O)(C(=O)O)O[C@H]1C(O)C(O)CO. The monoisotopic (exact) mass is 325 g/mol. The lowest BCUT2D eigenvalue weighted by Gasteiger charge is -2.44. The highest BCUT2D eigenvalue weighted by molar-refractivity contribution is 7.80. The minimum Gasteiger partial charge on any atom is -0.477 e. The Morgan fingerprint density at radius 1 is 1.52 bits per heavy atom. The van der Waals surface area contributed by atoms with Gasteiger partial charge in [-0.25, -0.2) is 4.79 Å². The Morgan fingerprint density at radius 2 is 2.10 bits per heavy atom. The van der Waals surface area contributed by atoms with Crippen molar-refractivity contribution >= 4 is 23.2 Å². The number of hydrogen-bond acceptors (Lipinski definition) is 8. The average molecular weight is 325 g/mol. The van der Waals surface area contributed by atoms with Crippen LogP contribution >= 0.6 is 12.2 Å². The van der Waals surface area contributed by atoms with Crippen LogP contribution in [0, 0.1) is 0 Å². The smallest absolute Gasteiger partial charge is 0.364 e. The van der Waals surface area contributed by atoms with Gasteiger partial charge in [0, 0.05) is 6.42 Å². The summed E-state index contributed by atoms with van der Waals surface area (Å²) in [4.78, 5) is 11.3. The molecule has 1 heterocycles. The fourth-order valence-corrected chi connectivity index (χ4v) is 2.27. The Bertz CT molecular complexity index is 408. The summed E-state index contributed by atoms with van der Waals surface area (Å²) in [5.74, 6) is -4.46. The molecular weight excluding hydrogens is 306 g/mol. The molecule has 0 spiro atoms. The Morgan fingerprint density at radius 3 is 2.52 bits per heavy atom. The maximum Gasteiger partial charge on any atom is 0.364 e. The van der Waals surface area contributed by atoms with Crippen molar-refractivity contribution in [1.82, 2.24) is 5.32 Å². The van der Waals surface area contributed by atoms with Gasteiger partial charge in [0.2, 0.25) is 0 Å². The van der Waals surface area contributed by atoms with Crippen molar-refractivity contribution in [2.24, 2.45) is 0 Å². The Balaban J connectivity index is 3.07. The van der Waals surface area contributed by atoms with Gasteiger partial charge in [0.15, 0.2) is 0 Å². The molecule has 21 heavy (non-hydrogen) atoms. The number of thiocarbonyl (C=S) groups is 1. The summed E-state index contributed by atoms with van der Waals surface area (Å²) in [5.41, 5.74) is 0. The van der Waals surface area contributed by atoms with Crippen molar-refractivity contribution in [3.05, 3.63) is 0 Å². The molecule has 1 fully saturated rings. The lowest BCUT2D eigenvalue weighted by Crippen LogP contribution is -2.67. The quantitative estimate of drug-likeness (QED) is 0.258. The molecule has 9 nitrogen and oxygen atoms in total. The number of aliphatic hydroxyl groups excluding tert-OH is 4. The normalized spacial score (nSPS) is 35.8. The number of ether oxygens (including phenoxy) is 1. The van der Waals surface area contributed by atoms with Gasteiger partial charge in [0.1, 0.15) is 18.3 Å². The third-order valence-corrected chi connectivity index (χ3v) is 3.33. The Hall–Kier alpha value is -0.880. The van der Waals surface area contributed by atoms with Gasteiger partial charge in [-0.2, -0.15) is 0 Å². The Labute approximate surface area is 125 Å². The zero-order valence-electron chi connectivity index (χ0n) is 11.2. The van der Waals surface area contributed by atoms with Crippen LogP contribution in [-0.4, -0.2) is 84.4 Å². The minimum atomic E-state index is -2.71. The molecule has 7 N–H and O–H groups in total. The molecule has 6 atom stereocenters. The van der Waals surface area contributed by atoms with Crippen LogP contribution in [0.1, 0.15) is 13.3 Å². The molecule has 0 aromatic heterocycles. The van der Waals surface area contributed by atoms with Crippen molar-refractivity contribution in [2.45, 2.75) is 49.6 Å². The standard InChI is InChI=1S/C11H19NO8S/c1-4(21)12-7-5(14)2-11(19,10(17)18)20-9(7)8(16)6(15)3-13/h5-9,13-16,19H,2-3H2,1H3,(H,12,21)(H,17,18)/t5-,6?,7+,8?,9+,11+/m0/s1. The second kappa shape index (κ2) is 6.92. The van der Waals surface area contributed by atoms with Crippen LogP contribution in [0.2, 0.25) is 0 Å². The zero-order chi connectivity index (χ0) is 16.4. The van der Waals surface area contributed by atoms with Gasteiger partial charge >= 0.3 is 5.97 Å². The molecule has 10 heteroatoms. The van der Waals surface area contributed by atoms with Gasteiger partial charge in [-0.05, 0) is 6.92 Å². The molecule has 2 unspecified atom stereocenters. The molecule has 0 radical (unpaired) electrons.